The fourth-order valence-electron chi connectivity index (χ4n) is 3.31. The molecule has 0 spiro atoms. The highest BCUT2D eigenvalue weighted by molar-refractivity contribution is 5.93. The second kappa shape index (κ2) is 9.83. The molecule has 11 heteroatoms. The van der Waals surface area contributed by atoms with Crippen molar-refractivity contribution in [3.63, 3.8) is 0 Å². The van der Waals surface area contributed by atoms with Crippen molar-refractivity contribution in [1.29, 1.82) is 5.26 Å². The number of carbonyl (C=O) groups is 2. The molecule has 3 aromatic rings. The first kappa shape index (κ1) is 23.9. The molecule has 0 aliphatic heterocycles. The molecule has 1 N–H and O–H groups in total. The Morgan fingerprint density at radius 3 is 2.47 bits per heavy atom. The van der Waals surface area contributed by atoms with Crippen LogP contribution >= 0.6 is 0 Å². The predicted octanol–water partition coefficient (Wildman–Crippen LogP) is 3.82. The highest BCUT2D eigenvalue weighted by atomic mass is 19.1. The zero-order chi connectivity index (χ0) is 25.0. The summed E-state index contributed by atoms with van der Waals surface area (Å²) in [6.07, 6.45) is 0. The zero-order valence-corrected chi connectivity index (χ0v) is 18.4. The Kier molecular flexibility index (Phi) is 6.92. The van der Waals surface area contributed by atoms with Crippen molar-refractivity contribution in [3.8, 4) is 17.5 Å². The minimum absolute atomic E-state index is 0.0484. The van der Waals surface area contributed by atoms with Crippen LogP contribution in [0, 0.1) is 41.1 Å². The maximum atomic E-state index is 13.4. The molecule has 0 saturated carbocycles. The van der Waals surface area contributed by atoms with Crippen molar-refractivity contribution in [2.75, 3.05) is 19.0 Å². The third kappa shape index (κ3) is 4.71. The van der Waals surface area contributed by atoms with Crippen molar-refractivity contribution in [2.45, 2.75) is 13.8 Å². The van der Waals surface area contributed by atoms with Crippen molar-refractivity contribution in [2.24, 2.45) is 0 Å². The number of benzene rings is 2. The molecule has 10 nitrogen and oxygen atoms in total. The highest BCUT2D eigenvalue weighted by Gasteiger charge is 2.23. The minimum atomic E-state index is -0.760. The summed E-state index contributed by atoms with van der Waals surface area (Å²) in [5.41, 5.74) is 1.45. The van der Waals surface area contributed by atoms with Crippen molar-refractivity contribution < 1.29 is 28.4 Å². The molecule has 0 aliphatic carbocycles. The summed E-state index contributed by atoms with van der Waals surface area (Å²) in [6.45, 7) is 2.85. The van der Waals surface area contributed by atoms with Gasteiger partial charge in [-0.3, -0.25) is 19.5 Å². The van der Waals surface area contributed by atoms with E-state index in [1.165, 1.54) is 36.4 Å². The van der Waals surface area contributed by atoms with Crippen molar-refractivity contribution in [3.05, 3.63) is 80.8 Å². The number of aromatic nitrogens is 1. The molecule has 3 rings (SSSR count). The van der Waals surface area contributed by atoms with Gasteiger partial charge < -0.3 is 14.8 Å². The zero-order valence-electron chi connectivity index (χ0n) is 18.4. The van der Waals surface area contributed by atoms with Gasteiger partial charge in [-0.2, -0.15) is 5.26 Å². The lowest BCUT2D eigenvalue weighted by molar-refractivity contribution is -0.385. The van der Waals surface area contributed by atoms with Gasteiger partial charge in [0, 0.05) is 17.4 Å². The maximum Gasteiger partial charge on any atom is 0.338 e. The molecule has 1 amide bonds. The number of esters is 1. The fraction of sp³-hybridized carbons (Fsp3) is 0.174. The van der Waals surface area contributed by atoms with E-state index in [4.69, 9.17) is 4.74 Å². The highest BCUT2D eigenvalue weighted by Crippen LogP contribution is 2.31. The Morgan fingerprint density at radius 2 is 1.88 bits per heavy atom. The number of rotatable bonds is 7. The average molecular weight is 466 g/mol. The molecule has 34 heavy (non-hydrogen) atoms. The number of hydrogen-bond donors (Lipinski definition) is 1. The first-order valence-electron chi connectivity index (χ1n) is 9.85. The number of hydrogen-bond acceptors (Lipinski definition) is 7. The number of nitrogens with one attached hydrogen (secondary N) is 1. The van der Waals surface area contributed by atoms with E-state index in [0.717, 1.165) is 13.2 Å². The number of anilines is 1. The Balaban J connectivity index is 1.87. The average Bonchev–Trinajstić information content (AvgIpc) is 3.06. The van der Waals surface area contributed by atoms with Crippen LogP contribution in [-0.2, 0) is 9.53 Å². The Morgan fingerprint density at radius 1 is 1.21 bits per heavy atom. The van der Waals surface area contributed by atoms with Gasteiger partial charge in [-0.15, -0.1) is 0 Å². The van der Waals surface area contributed by atoms with E-state index in [1.54, 1.807) is 18.4 Å². The van der Waals surface area contributed by atoms with Gasteiger partial charge in [0.2, 0.25) is 0 Å². The molecular formula is C23H19FN4O6. The lowest BCUT2D eigenvalue weighted by Crippen LogP contribution is -2.22. The third-order valence-electron chi connectivity index (χ3n) is 5.10. The summed E-state index contributed by atoms with van der Waals surface area (Å²) >= 11 is 0. The number of methoxy groups -OCH3 is 1. The maximum absolute atomic E-state index is 13.4. The van der Waals surface area contributed by atoms with Crippen molar-refractivity contribution >= 4 is 23.4 Å². The molecule has 0 radical (unpaired) electrons. The van der Waals surface area contributed by atoms with Crippen LogP contribution in [0.1, 0.15) is 27.2 Å². The van der Waals surface area contributed by atoms with E-state index in [1.807, 2.05) is 6.07 Å². The van der Waals surface area contributed by atoms with Gasteiger partial charge in [-0.25, -0.2) is 9.18 Å². The van der Waals surface area contributed by atoms with Gasteiger partial charge in [0.15, 0.2) is 12.4 Å². The molecule has 0 saturated heterocycles. The Labute approximate surface area is 193 Å². The van der Waals surface area contributed by atoms with Gasteiger partial charge in [-0.05, 0) is 55.8 Å². The van der Waals surface area contributed by atoms with E-state index in [9.17, 15) is 29.4 Å². The smallest absolute Gasteiger partial charge is 0.338 e. The number of halogens is 1. The van der Waals surface area contributed by atoms with Gasteiger partial charge in [0.05, 0.1) is 23.2 Å². The van der Waals surface area contributed by atoms with E-state index >= 15 is 0 Å². The predicted molar refractivity (Wildman–Crippen MR) is 118 cm³/mol. The number of carbonyl (C=O) groups excluding carboxylic acids is 2. The monoisotopic (exact) mass is 466 g/mol. The summed E-state index contributed by atoms with van der Waals surface area (Å²) in [5, 5.41) is 23.6. The number of amides is 1. The number of ether oxygens (including phenoxy) is 2. The standard InChI is InChI=1S/C23H19FN4O6/c1-13-14(2)27(17-7-5-16(24)6-8-17)22(18(13)11-25)26-21(29)12-34-20-9-4-15(23(30)33-3)10-19(20)28(31)32/h4-10H,12H2,1-3H3,(H,26,29). The van der Waals surface area contributed by atoms with Gasteiger partial charge >= 0.3 is 11.7 Å². The lowest BCUT2D eigenvalue weighted by atomic mass is 10.2. The van der Waals surface area contributed by atoms with Crippen LogP contribution in [0.2, 0.25) is 0 Å². The second-order valence-corrected chi connectivity index (χ2v) is 7.13. The third-order valence-corrected chi connectivity index (χ3v) is 5.10. The van der Waals surface area contributed by atoms with Gasteiger partial charge in [0.1, 0.15) is 17.7 Å². The van der Waals surface area contributed by atoms with E-state index in [0.29, 0.717) is 16.9 Å². The van der Waals surface area contributed by atoms with Crippen LogP contribution in [0.15, 0.2) is 42.5 Å². The Bertz CT molecular complexity index is 1320. The van der Waals surface area contributed by atoms with Crippen LogP contribution in [0.3, 0.4) is 0 Å². The van der Waals surface area contributed by atoms with Crippen LogP contribution < -0.4 is 10.1 Å². The first-order valence-corrected chi connectivity index (χ1v) is 9.85. The summed E-state index contributed by atoms with van der Waals surface area (Å²) < 4.78 is 24.9. The molecule has 1 heterocycles. The van der Waals surface area contributed by atoms with E-state index < -0.39 is 34.9 Å². The van der Waals surface area contributed by atoms with E-state index in [2.05, 4.69) is 10.1 Å². The topological polar surface area (TPSA) is 136 Å². The SMILES string of the molecule is COC(=O)c1ccc(OCC(=O)Nc2c(C#N)c(C)c(C)n2-c2ccc(F)cc2)c([N+](=O)[O-])c1. The molecule has 0 atom stereocenters. The quantitative estimate of drug-likeness (QED) is 0.317. The molecule has 0 aliphatic rings. The summed E-state index contributed by atoms with van der Waals surface area (Å²) in [7, 11) is 1.14. The Hall–Kier alpha value is -4.72. The van der Waals surface area contributed by atoms with E-state index in [-0.39, 0.29) is 22.7 Å². The molecule has 2 aromatic carbocycles. The second-order valence-electron chi connectivity index (χ2n) is 7.13. The normalized spacial score (nSPS) is 10.3. The molecule has 0 unspecified atom stereocenters. The molecular weight excluding hydrogens is 447 g/mol. The summed E-state index contributed by atoms with van der Waals surface area (Å²) in [5.74, 6) is -1.96. The van der Waals surface area contributed by atoms with Crippen LogP contribution in [0.4, 0.5) is 15.9 Å². The lowest BCUT2D eigenvalue weighted by Gasteiger charge is -2.14. The van der Waals surface area contributed by atoms with Crippen LogP contribution in [0.25, 0.3) is 5.69 Å². The number of nitrogens with zero attached hydrogens (tertiary/aromatic N) is 3. The summed E-state index contributed by atoms with van der Waals surface area (Å²) in [4.78, 5) is 34.9. The summed E-state index contributed by atoms with van der Waals surface area (Å²) in [6, 6.07) is 11.0. The molecule has 0 bridgehead atoms. The van der Waals surface area contributed by atoms with Crippen LogP contribution in [0.5, 0.6) is 5.75 Å². The number of nitro benzene ring substituents is 1. The number of nitriles is 1. The fourth-order valence-corrected chi connectivity index (χ4v) is 3.31. The molecule has 174 valence electrons. The largest absolute Gasteiger partial charge is 0.477 e. The minimum Gasteiger partial charge on any atom is -0.477 e. The van der Waals surface area contributed by atoms with Gasteiger partial charge in [-0.1, -0.05) is 0 Å². The first-order chi connectivity index (χ1) is 16.2. The van der Waals surface area contributed by atoms with Crippen molar-refractivity contribution in [1.82, 2.24) is 4.57 Å². The van der Waals surface area contributed by atoms with Crippen LogP contribution in [-0.4, -0.2) is 35.1 Å². The molecule has 1 aromatic heterocycles. The molecule has 0 fully saturated rings. The van der Waals surface area contributed by atoms with Gasteiger partial charge in [0.25, 0.3) is 5.91 Å². The number of nitro groups is 1.